The highest BCUT2D eigenvalue weighted by molar-refractivity contribution is 5.91. The number of nitrogens with zero attached hydrogens (tertiary/aromatic N) is 1. The number of nitrogens with one attached hydrogen (secondary N) is 1. The third-order valence-electron chi connectivity index (χ3n) is 2.75. The van der Waals surface area contributed by atoms with Gasteiger partial charge in [0.05, 0.1) is 11.5 Å². The molecule has 0 aliphatic rings. The van der Waals surface area contributed by atoms with E-state index in [0.29, 0.717) is 24.6 Å². The number of carbonyl (C=O) groups is 1. The second-order valence-corrected chi connectivity index (χ2v) is 5.31. The lowest BCUT2D eigenvalue weighted by molar-refractivity contribution is -0.385. The van der Waals surface area contributed by atoms with Gasteiger partial charge in [0.1, 0.15) is 0 Å². The van der Waals surface area contributed by atoms with Crippen molar-refractivity contribution in [2.24, 2.45) is 5.92 Å². The summed E-state index contributed by atoms with van der Waals surface area (Å²) in [6, 6.07) is 4.64. The molecule has 1 N–H and O–H groups in total. The summed E-state index contributed by atoms with van der Waals surface area (Å²) in [5, 5.41) is 13.8. The third-order valence-corrected chi connectivity index (χ3v) is 2.75. The first-order valence-electron chi connectivity index (χ1n) is 7.31. The molecule has 0 unspecified atom stereocenters. The highest BCUT2D eigenvalue weighted by Crippen LogP contribution is 2.28. The maximum Gasteiger partial charge on any atom is 0.311 e. The summed E-state index contributed by atoms with van der Waals surface area (Å²) >= 11 is 0. The summed E-state index contributed by atoms with van der Waals surface area (Å²) in [6.07, 6.45) is 3.69. The summed E-state index contributed by atoms with van der Waals surface area (Å²) in [6.45, 7) is 6.95. The molecular formula is C16H22N2O4. The van der Waals surface area contributed by atoms with Gasteiger partial charge in [-0.1, -0.05) is 26.8 Å². The lowest BCUT2D eigenvalue weighted by Gasteiger charge is -2.06. The van der Waals surface area contributed by atoms with Crippen LogP contribution in [0.15, 0.2) is 24.3 Å². The Morgan fingerprint density at radius 3 is 2.77 bits per heavy atom. The molecule has 0 aromatic heterocycles. The lowest BCUT2D eigenvalue weighted by atomic mass is 10.1. The van der Waals surface area contributed by atoms with Gasteiger partial charge < -0.3 is 10.1 Å². The van der Waals surface area contributed by atoms with Crippen LogP contribution < -0.4 is 10.1 Å². The average Bonchev–Trinajstić information content (AvgIpc) is 2.49. The first-order chi connectivity index (χ1) is 10.4. The fourth-order valence-corrected chi connectivity index (χ4v) is 1.65. The Kier molecular flexibility index (Phi) is 7.08. The van der Waals surface area contributed by atoms with E-state index in [4.69, 9.17) is 4.74 Å². The Morgan fingerprint density at radius 1 is 1.45 bits per heavy atom. The molecule has 0 radical (unpaired) electrons. The van der Waals surface area contributed by atoms with Gasteiger partial charge in [-0.3, -0.25) is 14.9 Å². The van der Waals surface area contributed by atoms with E-state index in [0.717, 1.165) is 6.42 Å². The zero-order valence-corrected chi connectivity index (χ0v) is 13.2. The summed E-state index contributed by atoms with van der Waals surface area (Å²) in [5.41, 5.74) is 0.480. The van der Waals surface area contributed by atoms with E-state index in [1.807, 2.05) is 20.8 Å². The topological polar surface area (TPSA) is 81.5 Å². The molecule has 0 saturated carbocycles. The van der Waals surface area contributed by atoms with Gasteiger partial charge in [0, 0.05) is 18.7 Å². The molecule has 1 aromatic rings. The van der Waals surface area contributed by atoms with Crippen LogP contribution in [0.2, 0.25) is 0 Å². The Hall–Kier alpha value is -2.37. The molecule has 0 aliphatic heterocycles. The van der Waals surface area contributed by atoms with Gasteiger partial charge in [0.2, 0.25) is 5.91 Å². The highest BCUT2D eigenvalue weighted by Gasteiger charge is 2.15. The number of amides is 1. The maximum absolute atomic E-state index is 11.6. The number of carbonyl (C=O) groups excluding carboxylic acids is 1. The molecule has 0 aliphatic carbocycles. The second-order valence-electron chi connectivity index (χ2n) is 5.31. The summed E-state index contributed by atoms with van der Waals surface area (Å²) in [5.74, 6) is 0.393. The standard InChI is InChI=1S/C16H22N2O4/c1-4-9-22-15-7-5-13(10-14(15)18(20)21)6-8-16(19)17-11-12(2)3/h5-8,10,12H,4,9,11H2,1-3H3,(H,17,19)/b8-6+. The van der Waals surface area contributed by atoms with E-state index in [1.54, 1.807) is 18.2 Å². The smallest absolute Gasteiger partial charge is 0.311 e. The Morgan fingerprint density at radius 2 is 2.18 bits per heavy atom. The SMILES string of the molecule is CCCOc1ccc(/C=C/C(=O)NCC(C)C)cc1[N+](=O)[O-]. The largest absolute Gasteiger partial charge is 0.487 e. The minimum absolute atomic E-state index is 0.0989. The molecule has 0 atom stereocenters. The van der Waals surface area contributed by atoms with Crippen molar-refractivity contribution in [3.63, 3.8) is 0 Å². The van der Waals surface area contributed by atoms with Gasteiger partial charge in [-0.15, -0.1) is 0 Å². The Labute approximate surface area is 130 Å². The zero-order valence-electron chi connectivity index (χ0n) is 13.2. The second kappa shape index (κ2) is 8.81. The molecular weight excluding hydrogens is 284 g/mol. The number of nitro groups is 1. The van der Waals surface area contributed by atoms with Crippen LogP contribution in [0.25, 0.3) is 6.08 Å². The quantitative estimate of drug-likeness (QED) is 0.454. The van der Waals surface area contributed by atoms with Gasteiger partial charge in [-0.25, -0.2) is 0 Å². The molecule has 0 heterocycles. The molecule has 22 heavy (non-hydrogen) atoms. The number of hydrogen-bond acceptors (Lipinski definition) is 4. The van der Waals surface area contributed by atoms with Crippen LogP contribution in [0.5, 0.6) is 5.75 Å². The first-order valence-corrected chi connectivity index (χ1v) is 7.31. The van der Waals surface area contributed by atoms with E-state index in [9.17, 15) is 14.9 Å². The summed E-state index contributed by atoms with van der Waals surface area (Å²) in [4.78, 5) is 22.2. The van der Waals surface area contributed by atoms with Crippen molar-refractivity contribution in [3.8, 4) is 5.75 Å². The average molecular weight is 306 g/mol. The van der Waals surface area contributed by atoms with Crippen LogP contribution in [-0.4, -0.2) is 24.0 Å². The number of hydrogen-bond donors (Lipinski definition) is 1. The van der Waals surface area contributed by atoms with Crippen LogP contribution in [0, 0.1) is 16.0 Å². The molecule has 0 bridgehead atoms. The molecule has 1 aromatic carbocycles. The van der Waals surface area contributed by atoms with Crippen molar-refractivity contribution >= 4 is 17.7 Å². The first kappa shape index (κ1) is 17.7. The van der Waals surface area contributed by atoms with Gasteiger partial charge in [0.15, 0.2) is 5.75 Å². The molecule has 0 fully saturated rings. The normalized spacial score (nSPS) is 10.9. The van der Waals surface area contributed by atoms with Crippen molar-refractivity contribution in [3.05, 3.63) is 40.0 Å². The van der Waals surface area contributed by atoms with Crippen LogP contribution in [-0.2, 0) is 4.79 Å². The van der Waals surface area contributed by atoms with Crippen molar-refractivity contribution in [2.45, 2.75) is 27.2 Å². The van der Waals surface area contributed by atoms with Crippen LogP contribution in [0.4, 0.5) is 5.69 Å². The van der Waals surface area contributed by atoms with Crippen LogP contribution >= 0.6 is 0 Å². The highest BCUT2D eigenvalue weighted by atomic mass is 16.6. The van der Waals surface area contributed by atoms with Crippen molar-refractivity contribution in [1.29, 1.82) is 0 Å². The van der Waals surface area contributed by atoms with Crippen molar-refractivity contribution in [2.75, 3.05) is 13.2 Å². The van der Waals surface area contributed by atoms with E-state index < -0.39 is 4.92 Å². The third kappa shape index (κ3) is 5.95. The van der Waals surface area contributed by atoms with Crippen molar-refractivity contribution < 1.29 is 14.5 Å². The Balaban J connectivity index is 2.81. The van der Waals surface area contributed by atoms with E-state index in [-0.39, 0.29) is 17.3 Å². The number of benzene rings is 1. The fourth-order valence-electron chi connectivity index (χ4n) is 1.65. The van der Waals surface area contributed by atoms with E-state index in [2.05, 4.69) is 5.32 Å². The Bertz CT molecular complexity index is 553. The van der Waals surface area contributed by atoms with Crippen molar-refractivity contribution in [1.82, 2.24) is 5.32 Å². The molecule has 6 nitrogen and oxygen atoms in total. The number of nitro benzene ring substituents is 1. The predicted molar refractivity (Wildman–Crippen MR) is 85.8 cm³/mol. The predicted octanol–water partition coefficient (Wildman–Crippen LogP) is 3.17. The number of rotatable bonds is 8. The fraction of sp³-hybridized carbons (Fsp3) is 0.438. The van der Waals surface area contributed by atoms with Gasteiger partial charge >= 0.3 is 5.69 Å². The molecule has 6 heteroatoms. The zero-order chi connectivity index (χ0) is 16.5. The molecule has 120 valence electrons. The molecule has 0 saturated heterocycles. The van der Waals surface area contributed by atoms with Gasteiger partial charge in [-0.05, 0) is 30.0 Å². The van der Waals surface area contributed by atoms with Crippen LogP contribution in [0.1, 0.15) is 32.8 Å². The monoisotopic (exact) mass is 306 g/mol. The molecule has 1 rings (SSSR count). The minimum Gasteiger partial charge on any atom is -0.487 e. The minimum atomic E-state index is -0.485. The summed E-state index contributed by atoms with van der Waals surface area (Å²) in [7, 11) is 0. The van der Waals surface area contributed by atoms with E-state index in [1.165, 1.54) is 12.1 Å². The van der Waals surface area contributed by atoms with Crippen LogP contribution in [0.3, 0.4) is 0 Å². The lowest BCUT2D eigenvalue weighted by Crippen LogP contribution is -2.25. The van der Waals surface area contributed by atoms with Gasteiger partial charge in [0.25, 0.3) is 0 Å². The number of ether oxygens (including phenoxy) is 1. The molecule has 0 spiro atoms. The maximum atomic E-state index is 11.6. The van der Waals surface area contributed by atoms with E-state index >= 15 is 0 Å². The summed E-state index contributed by atoms with van der Waals surface area (Å²) < 4.78 is 5.35. The van der Waals surface area contributed by atoms with Gasteiger partial charge in [-0.2, -0.15) is 0 Å². The molecule has 1 amide bonds.